The van der Waals surface area contributed by atoms with Gasteiger partial charge in [0, 0.05) is 0 Å². The molecule has 0 unspecified atom stereocenters. The summed E-state index contributed by atoms with van der Waals surface area (Å²) in [4.78, 5) is 0. The normalized spacial score (nSPS) is 9.71. The highest BCUT2D eigenvalue weighted by Gasteiger charge is 2.09. The third-order valence-electron chi connectivity index (χ3n) is 3.46. The van der Waals surface area contributed by atoms with Crippen LogP contribution in [0.5, 0.6) is 0 Å². The minimum atomic E-state index is 0. The van der Waals surface area contributed by atoms with Crippen LogP contribution >= 0.6 is 0 Å². The van der Waals surface area contributed by atoms with Gasteiger partial charge < -0.3 is 6.15 Å². The van der Waals surface area contributed by atoms with E-state index >= 15 is 0 Å². The van der Waals surface area contributed by atoms with E-state index in [0.717, 1.165) is 5.56 Å². The molecule has 0 radical (unpaired) electrons. The lowest BCUT2D eigenvalue weighted by atomic mass is 9.90. The monoisotopic (exact) mass is 273 g/mol. The van der Waals surface area contributed by atoms with Gasteiger partial charge in [-0.1, -0.05) is 91.5 Å². The number of hydrogen-bond donors (Lipinski definition) is 1. The van der Waals surface area contributed by atoms with Gasteiger partial charge >= 0.3 is 0 Å². The summed E-state index contributed by atoms with van der Waals surface area (Å²) in [6.07, 6.45) is 1.93. The summed E-state index contributed by atoms with van der Waals surface area (Å²) in [5.74, 6) is 0. The molecule has 0 amide bonds. The van der Waals surface area contributed by atoms with E-state index in [1.807, 2.05) is 18.2 Å². The summed E-state index contributed by atoms with van der Waals surface area (Å²) in [6.45, 7) is 3.95. The summed E-state index contributed by atoms with van der Waals surface area (Å²) in [7, 11) is 0. The van der Waals surface area contributed by atoms with Crippen molar-refractivity contribution in [2.75, 3.05) is 0 Å². The van der Waals surface area contributed by atoms with E-state index < -0.39 is 0 Å². The Labute approximate surface area is 126 Å². The van der Waals surface area contributed by atoms with Crippen LogP contribution in [-0.2, 0) is 0 Å². The van der Waals surface area contributed by atoms with Crippen molar-refractivity contribution < 1.29 is 0 Å². The predicted molar refractivity (Wildman–Crippen MR) is 92.4 cm³/mol. The Kier molecular flexibility index (Phi) is 4.70. The molecule has 0 aromatic heterocycles. The smallest absolute Gasteiger partial charge is 0.00331 e. The fraction of sp³-hybridized carbons (Fsp3) is 0. The van der Waals surface area contributed by atoms with Gasteiger partial charge in [0.15, 0.2) is 0 Å². The van der Waals surface area contributed by atoms with Gasteiger partial charge in [0.1, 0.15) is 0 Å². The molecule has 3 aromatic carbocycles. The highest BCUT2D eigenvalue weighted by molar-refractivity contribution is 5.89. The van der Waals surface area contributed by atoms with Crippen LogP contribution in [0.25, 0.3) is 28.3 Å². The Bertz CT molecular complexity index is 715. The zero-order chi connectivity index (χ0) is 13.8. The molecule has 0 aliphatic heterocycles. The Morgan fingerprint density at radius 3 is 1.76 bits per heavy atom. The molecule has 1 heteroatoms. The fourth-order valence-electron chi connectivity index (χ4n) is 2.53. The van der Waals surface area contributed by atoms with Crippen molar-refractivity contribution in [1.29, 1.82) is 0 Å². The molecular weight excluding hydrogens is 254 g/mol. The van der Waals surface area contributed by atoms with E-state index in [9.17, 15) is 0 Å². The Morgan fingerprint density at radius 1 is 0.619 bits per heavy atom. The van der Waals surface area contributed by atoms with Gasteiger partial charge in [-0.25, -0.2) is 0 Å². The molecular formula is C20H19N. The van der Waals surface area contributed by atoms with Gasteiger partial charge in [-0.2, -0.15) is 0 Å². The number of benzene rings is 3. The van der Waals surface area contributed by atoms with Crippen LogP contribution in [0.2, 0.25) is 0 Å². The molecule has 1 nitrogen and oxygen atoms in total. The van der Waals surface area contributed by atoms with Crippen LogP contribution in [0.4, 0.5) is 0 Å². The third-order valence-corrected chi connectivity index (χ3v) is 3.46. The van der Waals surface area contributed by atoms with E-state index in [2.05, 4.69) is 73.3 Å². The minimum absolute atomic E-state index is 0. The van der Waals surface area contributed by atoms with Crippen molar-refractivity contribution in [3.8, 4) is 22.3 Å². The van der Waals surface area contributed by atoms with Gasteiger partial charge in [-0.05, 0) is 27.8 Å². The average Bonchev–Trinajstić information content (AvgIpc) is 2.55. The number of hydrogen-bond acceptors (Lipinski definition) is 1. The van der Waals surface area contributed by atoms with E-state index in [0.29, 0.717) is 0 Å². The van der Waals surface area contributed by atoms with Gasteiger partial charge in [0.2, 0.25) is 0 Å². The molecule has 0 spiro atoms. The number of rotatable bonds is 3. The Balaban J connectivity index is 0.00000161. The molecule has 0 heterocycles. The van der Waals surface area contributed by atoms with E-state index in [1.165, 1.54) is 22.3 Å². The first kappa shape index (κ1) is 14.8. The van der Waals surface area contributed by atoms with Crippen molar-refractivity contribution >= 4 is 6.08 Å². The zero-order valence-corrected chi connectivity index (χ0v) is 12.0. The Morgan fingerprint density at radius 2 is 1.19 bits per heavy atom. The molecule has 3 aromatic rings. The largest absolute Gasteiger partial charge is 0.344 e. The van der Waals surface area contributed by atoms with Crippen LogP contribution in [0.15, 0.2) is 85.4 Å². The molecule has 21 heavy (non-hydrogen) atoms. The molecule has 3 rings (SSSR count). The molecule has 104 valence electrons. The summed E-state index contributed by atoms with van der Waals surface area (Å²) < 4.78 is 0. The summed E-state index contributed by atoms with van der Waals surface area (Å²) >= 11 is 0. The second kappa shape index (κ2) is 6.69. The maximum absolute atomic E-state index is 3.95. The summed E-state index contributed by atoms with van der Waals surface area (Å²) in [5.41, 5.74) is 6.11. The lowest BCUT2D eigenvalue weighted by Gasteiger charge is -2.13. The van der Waals surface area contributed by atoms with Crippen molar-refractivity contribution in [1.82, 2.24) is 6.15 Å². The van der Waals surface area contributed by atoms with Gasteiger partial charge in [-0.3, -0.25) is 0 Å². The maximum Gasteiger partial charge on any atom is -0.00331 e. The van der Waals surface area contributed by atoms with E-state index in [4.69, 9.17) is 0 Å². The maximum atomic E-state index is 3.95. The van der Waals surface area contributed by atoms with E-state index in [-0.39, 0.29) is 6.15 Å². The quantitative estimate of drug-likeness (QED) is 0.640. The van der Waals surface area contributed by atoms with Crippen molar-refractivity contribution in [3.63, 3.8) is 0 Å². The molecule has 0 fully saturated rings. The van der Waals surface area contributed by atoms with Crippen LogP contribution in [-0.4, -0.2) is 0 Å². The third kappa shape index (κ3) is 2.93. The van der Waals surface area contributed by atoms with Crippen LogP contribution in [0.3, 0.4) is 0 Å². The van der Waals surface area contributed by atoms with Gasteiger partial charge in [0.05, 0.1) is 0 Å². The highest BCUT2D eigenvalue weighted by Crippen LogP contribution is 2.35. The standard InChI is InChI=1S/C20H16.H3N/c1-2-16-14-9-15-19(17-10-5-3-6-11-17)20(16)18-12-7-4-8-13-18;/h2-15H,1H2;1H3. The molecule has 0 atom stereocenters. The molecule has 0 aliphatic carbocycles. The SMILES string of the molecule is C=Cc1cccc(-c2ccccc2)c1-c1ccccc1.N. The second-order valence-corrected chi connectivity index (χ2v) is 4.71. The topological polar surface area (TPSA) is 35.0 Å². The minimum Gasteiger partial charge on any atom is -0.344 e. The molecule has 0 saturated carbocycles. The van der Waals surface area contributed by atoms with Gasteiger partial charge in [-0.15, -0.1) is 0 Å². The molecule has 3 N–H and O–H groups in total. The lowest BCUT2D eigenvalue weighted by Crippen LogP contribution is -1.88. The van der Waals surface area contributed by atoms with Crippen molar-refractivity contribution in [2.45, 2.75) is 0 Å². The first-order valence-electron chi connectivity index (χ1n) is 6.76. The molecule has 0 saturated heterocycles. The highest BCUT2D eigenvalue weighted by atomic mass is 14.1. The fourth-order valence-corrected chi connectivity index (χ4v) is 2.53. The van der Waals surface area contributed by atoms with E-state index in [1.54, 1.807) is 0 Å². The Hall–Kier alpha value is -2.64. The van der Waals surface area contributed by atoms with Crippen molar-refractivity contribution in [3.05, 3.63) is 91.0 Å². The van der Waals surface area contributed by atoms with Crippen LogP contribution in [0, 0.1) is 0 Å². The zero-order valence-electron chi connectivity index (χ0n) is 12.0. The molecule has 0 aliphatic rings. The first-order chi connectivity index (χ1) is 9.90. The predicted octanol–water partition coefficient (Wildman–Crippen LogP) is 5.83. The second-order valence-electron chi connectivity index (χ2n) is 4.71. The average molecular weight is 273 g/mol. The van der Waals surface area contributed by atoms with Crippen LogP contribution < -0.4 is 6.15 Å². The van der Waals surface area contributed by atoms with Crippen LogP contribution in [0.1, 0.15) is 5.56 Å². The molecule has 0 bridgehead atoms. The first-order valence-corrected chi connectivity index (χ1v) is 6.76. The summed E-state index contributed by atoms with van der Waals surface area (Å²) in [6, 6.07) is 27.3. The van der Waals surface area contributed by atoms with Gasteiger partial charge in [0.25, 0.3) is 0 Å². The van der Waals surface area contributed by atoms with Crippen molar-refractivity contribution in [2.24, 2.45) is 0 Å². The summed E-state index contributed by atoms with van der Waals surface area (Å²) in [5, 5.41) is 0. The lowest BCUT2D eigenvalue weighted by molar-refractivity contribution is 1.56.